The van der Waals surface area contributed by atoms with E-state index in [1.165, 1.54) is 24.3 Å². The summed E-state index contributed by atoms with van der Waals surface area (Å²) in [5.74, 6) is -2.09. The summed E-state index contributed by atoms with van der Waals surface area (Å²) in [7, 11) is -9.98. The summed E-state index contributed by atoms with van der Waals surface area (Å²) in [6.45, 7) is 0. The summed E-state index contributed by atoms with van der Waals surface area (Å²) in [5, 5.41) is 15.9. The van der Waals surface area contributed by atoms with Gasteiger partial charge in [0.05, 0.1) is 11.4 Å². The molecule has 0 heterocycles. The number of nitrogen functional groups attached to an aromatic ring is 2. The Labute approximate surface area is 311 Å². The Morgan fingerprint density at radius 1 is 0.518 bits per heavy atom. The molecule has 0 atom stereocenters. The molecule has 0 bridgehead atoms. The number of halogens is 6. The Morgan fingerprint density at radius 2 is 0.875 bits per heavy atom. The predicted molar refractivity (Wildman–Crippen MR) is 190 cm³/mol. The predicted octanol–water partition coefficient (Wildman–Crippen LogP) is 9.95. The quantitative estimate of drug-likeness (QED) is 0.0467. The zero-order valence-corrected chi connectivity index (χ0v) is 29.2. The third kappa shape index (κ3) is 8.62. The molecule has 0 aliphatic carbocycles. The van der Waals surface area contributed by atoms with Crippen molar-refractivity contribution in [3.05, 3.63) is 97.1 Å². The number of nitrogens with two attached hydrogens (primary N) is 2. The van der Waals surface area contributed by atoms with Gasteiger partial charge in [-0.05, 0) is 58.3 Å². The highest BCUT2D eigenvalue weighted by Gasteiger charge is 2.34. The second-order valence-corrected chi connectivity index (χ2v) is 14.3. The lowest BCUT2D eigenvalue weighted by atomic mass is 10.0. The van der Waals surface area contributed by atoms with Gasteiger partial charge in [0.2, 0.25) is 0 Å². The van der Waals surface area contributed by atoms with Crippen LogP contribution < -0.4 is 20.9 Å². The molecule has 14 nitrogen and oxygen atoms in total. The van der Waals surface area contributed by atoms with Crippen molar-refractivity contribution >= 4 is 75.9 Å². The Hall–Kier alpha value is -6.36. The molecule has 0 saturated heterocycles. The molecule has 6 aromatic carbocycles. The van der Waals surface area contributed by atoms with E-state index in [4.69, 9.17) is 11.5 Å². The van der Waals surface area contributed by atoms with Crippen molar-refractivity contribution in [1.82, 2.24) is 0 Å². The van der Waals surface area contributed by atoms with Crippen LogP contribution in [-0.2, 0) is 20.2 Å². The van der Waals surface area contributed by atoms with Gasteiger partial charge in [-0.1, -0.05) is 60.7 Å². The van der Waals surface area contributed by atoms with E-state index < -0.39 is 77.0 Å². The highest BCUT2D eigenvalue weighted by molar-refractivity contribution is 7.86. The molecule has 0 aromatic heterocycles. The average Bonchev–Trinajstić information content (AvgIpc) is 3.09. The summed E-state index contributed by atoms with van der Waals surface area (Å²) < 4.78 is 158. The molecule has 0 spiro atoms. The number of alkyl halides is 6. The van der Waals surface area contributed by atoms with Gasteiger partial charge < -0.3 is 20.9 Å². The third-order valence-electron chi connectivity index (χ3n) is 7.83. The SMILES string of the molecule is Nc1c(/N=N/c2ccc(-c3ccc(/N=N/c4c(S(=O)(=O)O)cc5ccccc5c4N)c(OC(F)(F)F)c3)cc2OC(F)(F)F)c(S(=O)(=O)O)cc2ccccc12. The van der Waals surface area contributed by atoms with Crippen molar-refractivity contribution < 1.29 is 61.8 Å². The molecule has 290 valence electrons. The summed E-state index contributed by atoms with van der Waals surface area (Å²) in [5.41, 5.74) is 8.71. The second-order valence-electron chi connectivity index (χ2n) is 11.5. The third-order valence-corrected chi connectivity index (χ3v) is 9.56. The molecule has 0 fully saturated rings. The smallest absolute Gasteiger partial charge is 0.403 e. The van der Waals surface area contributed by atoms with E-state index in [9.17, 15) is 52.3 Å². The van der Waals surface area contributed by atoms with E-state index in [0.717, 1.165) is 48.5 Å². The maximum Gasteiger partial charge on any atom is 0.573 e. The van der Waals surface area contributed by atoms with E-state index in [1.807, 2.05) is 0 Å². The summed E-state index contributed by atoms with van der Waals surface area (Å²) in [6.07, 6.45) is -10.7. The second kappa shape index (κ2) is 14.4. The molecular formula is C34H22F6N6O8S2. The van der Waals surface area contributed by atoms with Gasteiger partial charge in [-0.15, -0.1) is 46.8 Å². The van der Waals surface area contributed by atoms with E-state index in [0.29, 0.717) is 0 Å². The number of hydrogen-bond acceptors (Lipinski definition) is 12. The molecule has 0 radical (unpaired) electrons. The largest absolute Gasteiger partial charge is 0.573 e. The van der Waals surface area contributed by atoms with Crippen molar-refractivity contribution in [2.45, 2.75) is 22.5 Å². The first-order chi connectivity index (χ1) is 26.1. The molecule has 0 amide bonds. The molecule has 6 aromatic rings. The molecule has 0 unspecified atom stereocenters. The van der Waals surface area contributed by atoms with Gasteiger partial charge in [0.15, 0.2) is 11.5 Å². The zero-order valence-electron chi connectivity index (χ0n) is 27.6. The maximum atomic E-state index is 13.6. The molecule has 6 N–H and O–H groups in total. The van der Waals surface area contributed by atoms with Gasteiger partial charge >= 0.3 is 12.7 Å². The first-order valence-electron chi connectivity index (χ1n) is 15.3. The lowest BCUT2D eigenvalue weighted by molar-refractivity contribution is -0.275. The standard InChI is InChI=1S/C34H22F6N6O8S2/c35-33(36,37)53-25-13-17(9-11-23(25)43-45-31-27(55(47,48)49)15-19-5-1-3-7-21(19)29(31)41)18-10-12-24(26(14-18)54-34(38,39)40)44-46-32-28(56(50,51)52)16-20-6-2-4-8-22(20)30(32)42/h1-16H,41-42H2,(H,47,48,49)(H,50,51,52)/b45-43+,46-44+. The lowest BCUT2D eigenvalue weighted by Gasteiger charge is -2.15. The number of benzene rings is 6. The molecule has 0 aliphatic rings. The fourth-order valence-corrected chi connectivity index (χ4v) is 6.79. The fraction of sp³-hybridized carbons (Fsp3) is 0.0588. The van der Waals surface area contributed by atoms with Crippen LogP contribution in [-0.4, -0.2) is 38.7 Å². The van der Waals surface area contributed by atoms with Gasteiger partial charge in [0, 0.05) is 10.8 Å². The average molecular weight is 821 g/mol. The Kier molecular flexibility index (Phi) is 10.1. The lowest BCUT2D eigenvalue weighted by Crippen LogP contribution is -2.17. The number of ether oxygens (including phenoxy) is 2. The van der Waals surface area contributed by atoms with Crippen LogP contribution in [0.3, 0.4) is 0 Å². The van der Waals surface area contributed by atoms with Crippen LogP contribution in [0.4, 0.5) is 60.5 Å². The number of nitrogens with zero attached hydrogens (tertiary/aromatic N) is 4. The monoisotopic (exact) mass is 820 g/mol. The minimum absolute atomic E-state index is 0.199. The Balaban J connectivity index is 1.44. The van der Waals surface area contributed by atoms with E-state index in [2.05, 4.69) is 29.9 Å². The molecular weight excluding hydrogens is 799 g/mol. The van der Waals surface area contributed by atoms with Crippen LogP contribution in [0.2, 0.25) is 0 Å². The zero-order chi connectivity index (χ0) is 40.8. The van der Waals surface area contributed by atoms with E-state index >= 15 is 0 Å². The normalized spacial score (nSPS) is 12.9. The van der Waals surface area contributed by atoms with Crippen LogP contribution in [0.5, 0.6) is 11.5 Å². The highest BCUT2D eigenvalue weighted by atomic mass is 32.2. The summed E-state index contributed by atoms with van der Waals surface area (Å²) in [4.78, 5) is -1.61. The minimum Gasteiger partial charge on any atom is -0.403 e. The number of rotatable bonds is 9. The van der Waals surface area contributed by atoms with Crippen molar-refractivity contribution in [3.8, 4) is 22.6 Å². The van der Waals surface area contributed by atoms with Crippen LogP contribution >= 0.6 is 0 Å². The first-order valence-corrected chi connectivity index (χ1v) is 18.2. The van der Waals surface area contributed by atoms with Crippen molar-refractivity contribution in [2.24, 2.45) is 20.5 Å². The van der Waals surface area contributed by atoms with Gasteiger partial charge in [-0.3, -0.25) is 9.11 Å². The van der Waals surface area contributed by atoms with Crippen molar-refractivity contribution in [1.29, 1.82) is 0 Å². The summed E-state index contributed by atoms with van der Waals surface area (Å²) in [6, 6.07) is 19.7. The van der Waals surface area contributed by atoms with Crippen LogP contribution in [0, 0.1) is 0 Å². The number of fused-ring (bicyclic) bond motifs is 2. The Bertz CT molecular complexity index is 2640. The van der Waals surface area contributed by atoms with Gasteiger partial charge in [-0.25, -0.2) is 0 Å². The Morgan fingerprint density at radius 3 is 1.21 bits per heavy atom. The number of hydrogen-bond donors (Lipinski definition) is 4. The first kappa shape index (κ1) is 39.3. The van der Waals surface area contributed by atoms with Gasteiger partial charge in [-0.2, -0.15) is 16.8 Å². The molecule has 56 heavy (non-hydrogen) atoms. The number of azo groups is 2. The van der Waals surface area contributed by atoms with Crippen molar-refractivity contribution in [2.75, 3.05) is 11.5 Å². The van der Waals surface area contributed by atoms with Crippen molar-refractivity contribution in [3.63, 3.8) is 0 Å². The van der Waals surface area contributed by atoms with Gasteiger partial charge in [0.1, 0.15) is 32.5 Å². The fourth-order valence-electron chi connectivity index (χ4n) is 5.45. The van der Waals surface area contributed by atoms with E-state index in [1.54, 1.807) is 24.3 Å². The summed E-state index contributed by atoms with van der Waals surface area (Å²) >= 11 is 0. The van der Waals surface area contributed by atoms with Crippen LogP contribution in [0.1, 0.15) is 0 Å². The highest BCUT2D eigenvalue weighted by Crippen LogP contribution is 2.44. The van der Waals surface area contributed by atoms with E-state index in [-0.39, 0.29) is 44.0 Å². The molecule has 6 rings (SSSR count). The minimum atomic E-state index is -5.34. The molecule has 22 heteroatoms. The van der Waals surface area contributed by atoms with Gasteiger partial charge in [0.25, 0.3) is 20.2 Å². The topological polar surface area (TPSA) is 229 Å². The van der Waals surface area contributed by atoms with Crippen LogP contribution in [0.15, 0.2) is 127 Å². The molecule has 0 aliphatic heterocycles. The maximum absolute atomic E-state index is 13.6. The molecule has 0 saturated carbocycles. The van der Waals surface area contributed by atoms with Crippen LogP contribution in [0.25, 0.3) is 32.7 Å². The number of anilines is 2.